The maximum Gasteiger partial charge on any atom is 0.138 e. The average molecular weight is 296 g/mol. The van der Waals surface area contributed by atoms with Crippen LogP contribution in [-0.2, 0) is 0 Å². The largest absolute Gasteiger partial charge is 0.489 e. The standard InChI is InChI=1S/C13H19ClFNO.ClH/c1-3-4-11(7-8-16-2)17-13-6-5-10(15)9-12(13)14;/h5-6,9,11,16H,3-4,7-8H2,1-2H3;1H. The number of hydrogen-bond acceptors (Lipinski definition) is 2. The molecule has 2 nitrogen and oxygen atoms in total. The Bertz CT molecular complexity index is 350. The first-order valence-electron chi connectivity index (χ1n) is 5.93. The third-order valence-corrected chi connectivity index (χ3v) is 2.81. The fourth-order valence-corrected chi connectivity index (χ4v) is 1.85. The summed E-state index contributed by atoms with van der Waals surface area (Å²) in [6, 6.07) is 4.22. The van der Waals surface area contributed by atoms with Gasteiger partial charge in [-0.2, -0.15) is 0 Å². The van der Waals surface area contributed by atoms with E-state index in [0.29, 0.717) is 10.8 Å². The van der Waals surface area contributed by atoms with Crippen molar-refractivity contribution in [1.29, 1.82) is 0 Å². The zero-order valence-electron chi connectivity index (χ0n) is 10.7. The van der Waals surface area contributed by atoms with Crippen molar-refractivity contribution in [2.24, 2.45) is 0 Å². The smallest absolute Gasteiger partial charge is 0.138 e. The van der Waals surface area contributed by atoms with Gasteiger partial charge in [-0.1, -0.05) is 24.9 Å². The van der Waals surface area contributed by atoms with Gasteiger partial charge in [0.2, 0.25) is 0 Å². The molecule has 0 aromatic heterocycles. The second kappa shape index (κ2) is 9.42. The molecule has 0 saturated carbocycles. The summed E-state index contributed by atoms with van der Waals surface area (Å²) in [4.78, 5) is 0. The monoisotopic (exact) mass is 295 g/mol. The molecule has 1 aromatic rings. The lowest BCUT2D eigenvalue weighted by atomic mass is 10.1. The quantitative estimate of drug-likeness (QED) is 0.819. The Kier molecular flexibility index (Phi) is 9.16. The summed E-state index contributed by atoms with van der Waals surface area (Å²) in [6.07, 6.45) is 3.05. The van der Waals surface area contributed by atoms with E-state index in [9.17, 15) is 4.39 Å². The Labute approximate surface area is 119 Å². The molecule has 0 amide bonds. The van der Waals surface area contributed by atoms with Gasteiger partial charge in [0, 0.05) is 0 Å². The Morgan fingerprint density at radius 1 is 1.39 bits per heavy atom. The second-order valence-corrected chi connectivity index (χ2v) is 4.40. The molecule has 0 bridgehead atoms. The third-order valence-electron chi connectivity index (χ3n) is 2.51. The van der Waals surface area contributed by atoms with Gasteiger partial charge in [-0.3, -0.25) is 0 Å². The molecule has 1 atom stereocenters. The summed E-state index contributed by atoms with van der Waals surface area (Å²) in [6.45, 7) is 3.01. The summed E-state index contributed by atoms with van der Waals surface area (Å²) in [5, 5.41) is 3.42. The molecule has 1 rings (SSSR count). The van der Waals surface area contributed by atoms with Crippen molar-refractivity contribution < 1.29 is 9.13 Å². The van der Waals surface area contributed by atoms with Gasteiger partial charge < -0.3 is 10.1 Å². The van der Waals surface area contributed by atoms with Crippen molar-refractivity contribution in [2.75, 3.05) is 13.6 Å². The predicted molar refractivity (Wildman–Crippen MR) is 76.5 cm³/mol. The van der Waals surface area contributed by atoms with Gasteiger partial charge in [-0.25, -0.2) is 4.39 Å². The molecule has 1 N–H and O–H groups in total. The zero-order chi connectivity index (χ0) is 12.7. The number of ether oxygens (including phenoxy) is 1. The summed E-state index contributed by atoms with van der Waals surface area (Å²) in [7, 11) is 1.91. The van der Waals surface area contributed by atoms with Gasteiger partial charge >= 0.3 is 0 Å². The molecule has 104 valence electrons. The van der Waals surface area contributed by atoms with Crippen molar-refractivity contribution in [3.63, 3.8) is 0 Å². The van der Waals surface area contributed by atoms with E-state index < -0.39 is 0 Å². The van der Waals surface area contributed by atoms with Crippen LogP contribution >= 0.6 is 24.0 Å². The molecule has 0 fully saturated rings. The maximum absolute atomic E-state index is 12.9. The summed E-state index contributed by atoms with van der Waals surface area (Å²) in [5.74, 6) is 0.215. The van der Waals surface area contributed by atoms with Crippen LogP contribution in [0.15, 0.2) is 18.2 Å². The number of nitrogens with one attached hydrogen (secondary N) is 1. The van der Waals surface area contributed by atoms with Crippen LogP contribution in [-0.4, -0.2) is 19.7 Å². The van der Waals surface area contributed by atoms with Gasteiger partial charge in [0.25, 0.3) is 0 Å². The minimum absolute atomic E-state index is 0. The van der Waals surface area contributed by atoms with Gasteiger partial charge in [-0.15, -0.1) is 12.4 Å². The minimum Gasteiger partial charge on any atom is -0.489 e. The van der Waals surface area contributed by atoms with Gasteiger partial charge in [0.15, 0.2) is 0 Å². The summed E-state index contributed by atoms with van der Waals surface area (Å²) < 4.78 is 18.7. The van der Waals surface area contributed by atoms with E-state index in [1.54, 1.807) is 6.07 Å². The van der Waals surface area contributed by atoms with E-state index >= 15 is 0 Å². The lowest BCUT2D eigenvalue weighted by molar-refractivity contribution is 0.180. The lowest BCUT2D eigenvalue weighted by Gasteiger charge is -2.19. The molecule has 0 aliphatic rings. The van der Waals surface area contributed by atoms with Crippen molar-refractivity contribution in [1.82, 2.24) is 5.32 Å². The molecule has 5 heteroatoms. The molecule has 0 aliphatic heterocycles. The summed E-state index contributed by atoms with van der Waals surface area (Å²) >= 11 is 5.93. The highest BCUT2D eigenvalue weighted by Crippen LogP contribution is 2.27. The molecule has 0 spiro atoms. The molecule has 0 saturated heterocycles. The van der Waals surface area contributed by atoms with E-state index in [1.165, 1.54) is 12.1 Å². The van der Waals surface area contributed by atoms with E-state index in [0.717, 1.165) is 25.8 Å². The van der Waals surface area contributed by atoms with Crippen molar-refractivity contribution in [2.45, 2.75) is 32.3 Å². The molecule has 18 heavy (non-hydrogen) atoms. The summed E-state index contributed by atoms with van der Waals surface area (Å²) in [5.41, 5.74) is 0. The minimum atomic E-state index is -0.343. The van der Waals surface area contributed by atoms with Gasteiger partial charge in [0.1, 0.15) is 11.6 Å². The van der Waals surface area contributed by atoms with Crippen LogP contribution in [0.5, 0.6) is 5.75 Å². The zero-order valence-corrected chi connectivity index (χ0v) is 12.3. The van der Waals surface area contributed by atoms with Gasteiger partial charge in [-0.05, 0) is 44.6 Å². The van der Waals surface area contributed by atoms with Crippen LogP contribution in [0.3, 0.4) is 0 Å². The van der Waals surface area contributed by atoms with Crippen LogP contribution in [0.1, 0.15) is 26.2 Å². The highest BCUT2D eigenvalue weighted by molar-refractivity contribution is 6.32. The van der Waals surface area contributed by atoms with Crippen LogP contribution in [0.25, 0.3) is 0 Å². The lowest BCUT2D eigenvalue weighted by Crippen LogP contribution is -2.22. The van der Waals surface area contributed by atoms with Crippen LogP contribution in [0.4, 0.5) is 4.39 Å². The first kappa shape index (κ1) is 17.5. The highest BCUT2D eigenvalue weighted by atomic mass is 35.5. The van der Waals surface area contributed by atoms with Crippen molar-refractivity contribution in [3.8, 4) is 5.75 Å². The normalized spacial score (nSPS) is 11.8. The Hall–Kier alpha value is -0.510. The molecule has 1 aromatic carbocycles. The second-order valence-electron chi connectivity index (χ2n) is 4.00. The Morgan fingerprint density at radius 2 is 2.11 bits per heavy atom. The number of hydrogen-bond donors (Lipinski definition) is 1. The predicted octanol–water partition coefficient (Wildman–Crippen LogP) is 4.06. The van der Waals surface area contributed by atoms with E-state index in [2.05, 4.69) is 12.2 Å². The fourth-order valence-electron chi connectivity index (χ4n) is 1.64. The maximum atomic E-state index is 12.9. The Morgan fingerprint density at radius 3 is 2.67 bits per heavy atom. The van der Waals surface area contributed by atoms with E-state index in [-0.39, 0.29) is 24.3 Å². The van der Waals surface area contributed by atoms with Crippen molar-refractivity contribution in [3.05, 3.63) is 29.0 Å². The molecular formula is C13H20Cl2FNO. The van der Waals surface area contributed by atoms with Crippen molar-refractivity contribution >= 4 is 24.0 Å². The van der Waals surface area contributed by atoms with E-state index in [1.807, 2.05) is 7.05 Å². The topological polar surface area (TPSA) is 21.3 Å². The third kappa shape index (κ3) is 5.89. The molecule has 0 aliphatic carbocycles. The Balaban J connectivity index is 0.00000289. The average Bonchev–Trinajstić information content (AvgIpc) is 2.29. The fraction of sp³-hybridized carbons (Fsp3) is 0.538. The molecule has 0 heterocycles. The number of rotatable bonds is 7. The van der Waals surface area contributed by atoms with E-state index in [4.69, 9.17) is 16.3 Å². The first-order chi connectivity index (χ1) is 8.17. The molecular weight excluding hydrogens is 276 g/mol. The van der Waals surface area contributed by atoms with Crippen LogP contribution in [0.2, 0.25) is 5.02 Å². The number of halogens is 3. The van der Waals surface area contributed by atoms with Gasteiger partial charge in [0.05, 0.1) is 11.1 Å². The SMILES string of the molecule is CCCC(CCNC)Oc1ccc(F)cc1Cl.Cl. The highest BCUT2D eigenvalue weighted by Gasteiger charge is 2.11. The number of benzene rings is 1. The first-order valence-corrected chi connectivity index (χ1v) is 6.31. The van der Waals surface area contributed by atoms with Crippen LogP contribution < -0.4 is 10.1 Å². The molecule has 1 unspecified atom stereocenters. The van der Waals surface area contributed by atoms with Crippen LogP contribution in [0, 0.1) is 5.82 Å². The molecule has 0 radical (unpaired) electrons.